The quantitative estimate of drug-likeness (QED) is 0.333. The number of aliphatic carboxylic acids is 1. The number of aliphatic imine (C=N–C) groups is 1. The molecule has 2 N–H and O–H groups in total. The number of carboxylic acid groups (broad SMARTS) is 1. The second-order valence-corrected chi connectivity index (χ2v) is 12.0. The minimum atomic E-state index is -1.61. The van der Waals surface area contributed by atoms with Crippen LogP contribution >= 0.6 is 11.8 Å². The SMILES string of the molecule is CO[C@@]1(N=Cc2cc(C(C)(C)C)c(O)c(C(C)(C)C)c2)C(=O)N2C(C(=O)O)C(COC(C)=O)=CS[C@H]21. The van der Waals surface area contributed by atoms with Crippen molar-refractivity contribution in [3.8, 4) is 5.75 Å². The van der Waals surface area contributed by atoms with E-state index in [0.29, 0.717) is 11.1 Å². The maximum atomic E-state index is 13.3. The van der Waals surface area contributed by atoms with Gasteiger partial charge in [0.1, 0.15) is 17.7 Å². The van der Waals surface area contributed by atoms with E-state index < -0.39 is 35.0 Å². The molecule has 196 valence electrons. The van der Waals surface area contributed by atoms with Crippen LogP contribution < -0.4 is 0 Å². The molecule has 1 amide bonds. The molecule has 3 atom stereocenters. The molecule has 10 heteroatoms. The van der Waals surface area contributed by atoms with Crippen LogP contribution in [0.4, 0.5) is 0 Å². The number of esters is 1. The van der Waals surface area contributed by atoms with E-state index in [9.17, 15) is 24.6 Å². The van der Waals surface area contributed by atoms with Gasteiger partial charge in [-0.25, -0.2) is 9.79 Å². The van der Waals surface area contributed by atoms with E-state index in [1.165, 1.54) is 36.9 Å². The summed E-state index contributed by atoms with van der Waals surface area (Å²) >= 11 is 1.19. The summed E-state index contributed by atoms with van der Waals surface area (Å²) in [6.45, 7) is 13.0. The molecule has 0 spiro atoms. The molecular formula is C26H34N2O7S. The third-order valence-electron chi connectivity index (χ3n) is 6.25. The lowest BCUT2D eigenvalue weighted by molar-refractivity contribution is -0.192. The second kappa shape index (κ2) is 9.55. The molecule has 3 rings (SSSR count). The molecule has 0 aromatic heterocycles. The summed E-state index contributed by atoms with van der Waals surface area (Å²) in [7, 11) is 1.36. The van der Waals surface area contributed by atoms with Crippen LogP contribution in [0.1, 0.15) is 65.2 Å². The highest BCUT2D eigenvalue weighted by Crippen LogP contribution is 2.48. The van der Waals surface area contributed by atoms with Crippen molar-refractivity contribution in [3.05, 3.63) is 39.8 Å². The first-order valence-electron chi connectivity index (χ1n) is 11.6. The predicted molar refractivity (Wildman–Crippen MR) is 137 cm³/mol. The highest BCUT2D eigenvalue weighted by Gasteiger charge is 2.67. The third-order valence-corrected chi connectivity index (χ3v) is 7.49. The summed E-state index contributed by atoms with van der Waals surface area (Å²) in [6, 6.07) is 2.39. The average Bonchev–Trinajstić information content (AvgIpc) is 2.76. The standard InChI is InChI=1S/C26H34N2O7S/c1-14(29)35-12-16-13-36-23-26(34-8,22(33)28(23)19(16)21(31)32)27-11-15-9-17(24(2,3)4)20(30)18(10-15)25(5,6)7/h9-11,13,19,23,30H,12H2,1-8H3,(H,31,32)/t19?,23-,26-/m0/s1. The fourth-order valence-electron chi connectivity index (χ4n) is 4.31. The van der Waals surface area contributed by atoms with Crippen molar-refractivity contribution in [2.45, 2.75) is 76.4 Å². The molecule has 9 nitrogen and oxygen atoms in total. The van der Waals surface area contributed by atoms with Gasteiger partial charge in [-0.05, 0) is 33.9 Å². The Morgan fingerprint density at radius 2 is 1.72 bits per heavy atom. The fraction of sp³-hybridized carbons (Fsp3) is 0.538. The van der Waals surface area contributed by atoms with Gasteiger partial charge >= 0.3 is 11.9 Å². The minimum absolute atomic E-state index is 0.224. The summed E-state index contributed by atoms with van der Waals surface area (Å²) in [6.07, 6.45) is 1.54. The number of carbonyl (C=O) groups excluding carboxylic acids is 2. The van der Waals surface area contributed by atoms with E-state index >= 15 is 0 Å². The summed E-state index contributed by atoms with van der Waals surface area (Å²) in [5, 5.41) is 21.7. The van der Waals surface area contributed by atoms with Crippen molar-refractivity contribution in [3.63, 3.8) is 0 Å². The highest BCUT2D eigenvalue weighted by atomic mass is 32.2. The fourth-order valence-corrected chi connectivity index (χ4v) is 5.60. The smallest absolute Gasteiger partial charge is 0.330 e. The molecular weight excluding hydrogens is 484 g/mol. The van der Waals surface area contributed by atoms with Crippen LogP contribution in [-0.2, 0) is 34.7 Å². The van der Waals surface area contributed by atoms with Gasteiger partial charge in [0, 0.05) is 36.9 Å². The Morgan fingerprint density at radius 3 is 2.17 bits per heavy atom. The van der Waals surface area contributed by atoms with Gasteiger partial charge < -0.3 is 24.6 Å². The molecule has 0 radical (unpaired) electrons. The van der Waals surface area contributed by atoms with Crippen LogP contribution in [0.3, 0.4) is 0 Å². The number of hydrogen-bond acceptors (Lipinski definition) is 8. The number of nitrogens with zero attached hydrogens (tertiary/aromatic N) is 2. The number of phenolic OH excluding ortho intramolecular Hbond substituents is 1. The molecule has 1 saturated heterocycles. The Kier molecular flexibility index (Phi) is 7.36. The van der Waals surface area contributed by atoms with E-state index in [1.54, 1.807) is 5.41 Å². The number of thioether (sulfide) groups is 1. The second-order valence-electron chi connectivity index (χ2n) is 11.0. The molecule has 0 bridgehead atoms. The number of β-lactam (4-membered cyclic amide) rings is 1. The lowest BCUT2D eigenvalue weighted by Crippen LogP contribution is -2.76. The molecule has 1 fully saturated rings. The number of ether oxygens (including phenoxy) is 2. The van der Waals surface area contributed by atoms with Crippen molar-refractivity contribution in [1.82, 2.24) is 4.90 Å². The molecule has 0 saturated carbocycles. The van der Waals surface area contributed by atoms with Crippen molar-refractivity contribution in [2.24, 2.45) is 4.99 Å². The number of amides is 1. The molecule has 2 aliphatic rings. The predicted octanol–water partition coefficient (Wildman–Crippen LogP) is 3.56. The van der Waals surface area contributed by atoms with Gasteiger partial charge in [0.05, 0.1) is 0 Å². The van der Waals surface area contributed by atoms with E-state index in [1.807, 2.05) is 53.7 Å². The van der Waals surface area contributed by atoms with E-state index in [0.717, 1.165) is 11.1 Å². The van der Waals surface area contributed by atoms with Crippen LogP contribution in [0.5, 0.6) is 5.75 Å². The maximum Gasteiger partial charge on any atom is 0.330 e. The Morgan fingerprint density at radius 1 is 1.17 bits per heavy atom. The van der Waals surface area contributed by atoms with E-state index in [-0.39, 0.29) is 23.2 Å². The molecule has 2 aliphatic heterocycles. The summed E-state index contributed by atoms with van der Waals surface area (Å²) < 4.78 is 10.6. The lowest BCUT2D eigenvalue weighted by atomic mass is 9.78. The van der Waals surface area contributed by atoms with Gasteiger partial charge in [-0.1, -0.05) is 41.5 Å². The first kappa shape index (κ1) is 27.7. The Balaban J connectivity index is 2.01. The number of fused-ring (bicyclic) bond motifs is 1. The first-order valence-corrected chi connectivity index (χ1v) is 12.5. The Labute approximate surface area is 215 Å². The van der Waals surface area contributed by atoms with Crippen LogP contribution in [-0.4, -0.2) is 70.0 Å². The van der Waals surface area contributed by atoms with E-state index in [4.69, 9.17) is 9.47 Å². The van der Waals surface area contributed by atoms with Gasteiger partial charge in [-0.15, -0.1) is 11.8 Å². The maximum absolute atomic E-state index is 13.3. The zero-order valence-corrected chi connectivity index (χ0v) is 22.7. The average molecular weight is 519 g/mol. The van der Waals surface area contributed by atoms with Gasteiger partial charge in [0.2, 0.25) is 0 Å². The van der Waals surface area contributed by atoms with Crippen LogP contribution in [0.25, 0.3) is 0 Å². The largest absolute Gasteiger partial charge is 0.507 e. The van der Waals surface area contributed by atoms with Crippen molar-refractivity contribution in [1.29, 1.82) is 0 Å². The van der Waals surface area contributed by atoms with Crippen LogP contribution in [0.15, 0.2) is 28.1 Å². The number of hydrogen-bond donors (Lipinski definition) is 2. The molecule has 1 unspecified atom stereocenters. The number of carboxylic acids is 1. The Hall–Kier alpha value is -2.85. The van der Waals surface area contributed by atoms with Crippen molar-refractivity contribution < 1.29 is 34.1 Å². The van der Waals surface area contributed by atoms with Gasteiger partial charge in [-0.2, -0.15) is 0 Å². The topological polar surface area (TPSA) is 126 Å². The van der Waals surface area contributed by atoms with Gasteiger partial charge in [0.15, 0.2) is 6.04 Å². The normalized spacial score (nSPS) is 24.3. The summed E-state index contributed by atoms with van der Waals surface area (Å²) in [5.41, 5.74) is 0.195. The third kappa shape index (κ3) is 4.88. The number of aromatic hydroxyl groups is 1. The van der Waals surface area contributed by atoms with Gasteiger partial charge in [-0.3, -0.25) is 9.59 Å². The zero-order chi connectivity index (χ0) is 27.2. The first-order chi connectivity index (χ1) is 16.5. The Bertz CT molecular complexity index is 1110. The number of rotatable bonds is 6. The molecule has 1 aromatic rings. The molecule has 36 heavy (non-hydrogen) atoms. The van der Waals surface area contributed by atoms with Crippen molar-refractivity contribution >= 4 is 35.8 Å². The van der Waals surface area contributed by atoms with Crippen LogP contribution in [0, 0.1) is 0 Å². The van der Waals surface area contributed by atoms with Gasteiger partial charge in [0.25, 0.3) is 11.6 Å². The van der Waals surface area contributed by atoms with Crippen LogP contribution in [0.2, 0.25) is 0 Å². The molecule has 2 heterocycles. The van der Waals surface area contributed by atoms with Crippen molar-refractivity contribution in [2.75, 3.05) is 13.7 Å². The number of benzene rings is 1. The number of carbonyl (C=O) groups is 3. The number of phenols is 1. The monoisotopic (exact) mass is 518 g/mol. The molecule has 0 aliphatic carbocycles. The summed E-state index contributed by atoms with van der Waals surface area (Å²) in [5.74, 6) is -2.14. The van der Waals surface area contributed by atoms with E-state index in [2.05, 4.69) is 4.99 Å². The highest BCUT2D eigenvalue weighted by molar-refractivity contribution is 8.03. The summed E-state index contributed by atoms with van der Waals surface area (Å²) in [4.78, 5) is 42.3. The minimum Gasteiger partial charge on any atom is -0.507 e. The molecule has 1 aromatic carbocycles. The lowest BCUT2D eigenvalue weighted by Gasteiger charge is -2.55. The zero-order valence-electron chi connectivity index (χ0n) is 21.9. The number of methoxy groups -OCH3 is 1.